The van der Waals surface area contributed by atoms with Gasteiger partial charge >= 0.3 is 0 Å². The van der Waals surface area contributed by atoms with Crippen LogP contribution >= 0.6 is 12.2 Å². The molecule has 0 spiro atoms. The molecule has 3 N–H and O–H groups in total. The van der Waals surface area contributed by atoms with E-state index in [1.54, 1.807) is 0 Å². The van der Waals surface area contributed by atoms with Crippen LogP contribution in [0.5, 0.6) is 11.5 Å². The van der Waals surface area contributed by atoms with Gasteiger partial charge in [0.25, 0.3) is 0 Å². The number of nitrogens with one attached hydrogen (secondary N) is 3. The number of halogens is 1. The van der Waals surface area contributed by atoms with Crippen molar-refractivity contribution in [2.24, 2.45) is 0 Å². The number of rotatable bonds is 6. The van der Waals surface area contributed by atoms with Crippen LogP contribution in [0.4, 0.5) is 4.39 Å². The van der Waals surface area contributed by atoms with Gasteiger partial charge in [-0.3, -0.25) is 0 Å². The Morgan fingerprint density at radius 2 is 1.79 bits per heavy atom. The van der Waals surface area contributed by atoms with Crippen molar-refractivity contribution in [3.8, 4) is 11.5 Å². The summed E-state index contributed by atoms with van der Waals surface area (Å²) < 4.78 is 29.6. The third-order valence-corrected chi connectivity index (χ3v) is 5.55. The second-order valence-corrected chi connectivity index (χ2v) is 7.53. The van der Waals surface area contributed by atoms with Gasteiger partial charge in [0.15, 0.2) is 16.6 Å². The minimum Gasteiger partial charge on any atom is -0.454 e. The highest BCUT2D eigenvalue weighted by atomic mass is 32.1. The number of morpholine rings is 1. The first kappa shape index (κ1) is 19.9. The highest BCUT2D eigenvalue weighted by molar-refractivity contribution is 7.80. The molecule has 1 atom stereocenters. The van der Waals surface area contributed by atoms with E-state index in [1.807, 2.05) is 30.3 Å². The molecule has 2 aromatic carbocycles. The quantitative estimate of drug-likeness (QED) is 0.613. The number of thiocarbonyl (C=S) groups is 1. The van der Waals surface area contributed by atoms with E-state index >= 15 is 0 Å². The van der Waals surface area contributed by atoms with Gasteiger partial charge in [0.1, 0.15) is 24.9 Å². The van der Waals surface area contributed by atoms with E-state index in [9.17, 15) is 4.39 Å². The summed E-state index contributed by atoms with van der Waals surface area (Å²) in [5.41, 5.74) is 2.15. The average Bonchev–Trinajstić information content (AvgIpc) is 3.22. The van der Waals surface area contributed by atoms with Crippen molar-refractivity contribution in [3.05, 3.63) is 59.4 Å². The Morgan fingerprint density at radius 1 is 1.03 bits per heavy atom. The zero-order valence-corrected chi connectivity index (χ0v) is 16.9. The fraction of sp³-hybridized carbons (Fsp3) is 0.381. The summed E-state index contributed by atoms with van der Waals surface area (Å²) in [4.78, 5) is 1.41. The van der Waals surface area contributed by atoms with Crippen molar-refractivity contribution in [3.63, 3.8) is 0 Å². The topological polar surface area (TPSA) is 56.2 Å². The van der Waals surface area contributed by atoms with E-state index in [2.05, 4.69) is 10.6 Å². The monoisotopic (exact) mass is 418 g/mol. The molecule has 0 radical (unpaired) electrons. The third kappa shape index (κ3) is 5.14. The predicted octanol–water partition coefficient (Wildman–Crippen LogP) is 1.17. The highest BCUT2D eigenvalue weighted by Gasteiger charge is 2.26. The molecule has 6 nitrogen and oxygen atoms in total. The summed E-state index contributed by atoms with van der Waals surface area (Å²) in [5, 5.41) is 7.15. The summed E-state index contributed by atoms with van der Waals surface area (Å²) in [6.07, 6.45) is 0. The first-order valence-corrected chi connectivity index (χ1v) is 10.2. The van der Waals surface area contributed by atoms with E-state index in [0.717, 1.165) is 48.9 Å². The normalized spacial score (nSPS) is 17.0. The lowest BCUT2D eigenvalue weighted by Gasteiger charge is -2.32. The number of fused-ring (bicyclic) bond motifs is 1. The fourth-order valence-electron chi connectivity index (χ4n) is 3.67. The van der Waals surface area contributed by atoms with E-state index in [-0.39, 0.29) is 18.7 Å². The van der Waals surface area contributed by atoms with Crippen LogP contribution in [0, 0.1) is 5.82 Å². The van der Waals surface area contributed by atoms with Gasteiger partial charge in [-0.2, -0.15) is 0 Å². The standard InChI is InChI=1S/C21H24FN3O3S/c22-17-4-2-16(3-5-17)18(25-7-9-26-10-8-25)13-24-21(29)23-12-15-1-6-19-20(11-15)28-14-27-19/h1-6,11,18H,7-10,12-14H2,(H2,23,24,29)/p+1/t18-/m1/s1. The van der Waals surface area contributed by atoms with Gasteiger partial charge in [-0.1, -0.05) is 18.2 Å². The summed E-state index contributed by atoms with van der Waals surface area (Å²) in [6.45, 7) is 4.82. The van der Waals surface area contributed by atoms with Crippen LogP contribution in [-0.2, 0) is 11.3 Å². The Labute approximate surface area is 174 Å². The summed E-state index contributed by atoms with van der Waals surface area (Å²) in [7, 11) is 0. The maximum absolute atomic E-state index is 13.4. The van der Waals surface area contributed by atoms with Gasteiger partial charge in [-0.15, -0.1) is 0 Å². The summed E-state index contributed by atoms with van der Waals surface area (Å²) >= 11 is 5.47. The first-order chi connectivity index (χ1) is 14.2. The first-order valence-electron chi connectivity index (χ1n) is 9.77. The molecule has 0 aromatic heterocycles. The molecule has 2 aliphatic heterocycles. The fourth-order valence-corrected chi connectivity index (χ4v) is 3.82. The van der Waals surface area contributed by atoms with Crippen LogP contribution in [0.25, 0.3) is 0 Å². The van der Waals surface area contributed by atoms with Gasteiger partial charge in [-0.25, -0.2) is 4.39 Å². The molecule has 0 bridgehead atoms. The van der Waals surface area contributed by atoms with Crippen molar-refractivity contribution in [1.82, 2.24) is 10.6 Å². The zero-order chi connectivity index (χ0) is 20.1. The smallest absolute Gasteiger partial charge is 0.231 e. The molecular formula is C21H25FN3O3S+. The van der Waals surface area contributed by atoms with Gasteiger partial charge in [0.2, 0.25) is 6.79 Å². The second kappa shape index (κ2) is 9.39. The molecule has 0 aliphatic carbocycles. The Kier molecular flexibility index (Phi) is 6.43. The molecular weight excluding hydrogens is 393 g/mol. The molecule has 2 aromatic rings. The lowest BCUT2D eigenvalue weighted by Crippen LogP contribution is -3.15. The number of benzene rings is 2. The molecule has 8 heteroatoms. The largest absolute Gasteiger partial charge is 0.454 e. The summed E-state index contributed by atoms with van der Waals surface area (Å²) in [6, 6.07) is 12.8. The predicted molar refractivity (Wildman–Crippen MR) is 111 cm³/mol. The molecule has 1 fully saturated rings. The van der Waals surface area contributed by atoms with Crippen LogP contribution in [0.3, 0.4) is 0 Å². The van der Waals surface area contributed by atoms with Crippen LogP contribution in [0.15, 0.2) is 42.5 Å². The van der Waals surface area contributed by atoms with Crippen molar-refractivity contribution in [2.45, 2.75) is 12.6 Å². The van der Waals surface area contributed by atoms with Gasteiger partial charge in [0, 0.05) is 12.1 Å². The molecule has 1 saturated heterocycles. The minimum absolute atomic E-state index is 0.171. The molecule has 2 aliphatic rings. The van der Waals surface area contributed by atoms with Crippen LogP contribution in [0.1, 0.15) is 17.2 Å². The van der Waals surface area contributed by atoms with Gasteiger partial charge < -0.3 is 29.7 Å². The van der Waals surface area contributed by atoms with Crippen molar-refractivity contribution in [1.29, 1.82) is 0 Å². The third-order valence-electron chi connectivity index (χ3n) is 5.26. The van der Waals surface area contributed by atoms with Crippen molar-refractivity contribution >= 4 is 17.3 Å². The molecule has 0 amide bonds. The Morgan fingerprint density at radius 3 is 2.59 bits per heavy atom. The Hall–Kier alpha value is -2.42. The number of hydrogen-bond acceptors (Lipinski definition) is 4. The Bertz CT molecular complexity index is 844. The lowest BCUT2D eigenvalue weighted by molar-refractivity contribution is -0.937. The minimum atomic E-state index is -0.224. The molecule has 4 rings (SSSR count). The Balaban J connectivity index is 1.33. The van der Waals surface area contributed by atoms with E-state index in [0.29, 0.717) is 18.2 Å². The van der Waals surface area contributed by atoms with E-state index < -0.39 is 0 Å². The highest BCUT2D eigenvalue weighted by Crippen LogP contribution is 2.32. The second-order valence-electron chi connectivity index (χ2n) is 7.13. The van der Waals surface area contributed by atoms with Crippen LogP contribution in [-0.4, -0.2) is 44.8 Å². The number of hydrogen-bond donors (Lipinski definition) is 3. The number of ether oxygens (including phenoxy) is 3. The van der Waals surface area contributed by atoms with Crippen LogP contribution in [0.2, 0.25) is 0 Å². The molecule has 0 unspecified atom stereocenters. The van der Waals surface area contributed by atoms with Gasteiger partial charge in [-0.05, 0) is 42.0 Å². The molecule has 2 heterocycles. The maximum Gasteiger partial charge on any atom is 0.231 e. The molecule has 29 heavy (non-hydrogen) atoms. The van der Waals surface area contributed by atoms with E-state index in [4.69, 9.17) is 26.4 Å². The zero-order valence-electron chi connectivity index (χ0n) is 16.1. The number of quaternary nitrogens is 1. The summed E-state index contributed by atoms with van der Waals surface area (Å²) in [5.74, 6) is 1.30. The SMILES string of the molecule is Fc1ccc([C@@H](CNC(=S)NCc2ccc3c(c2)OCO3)[NH+]2CCOCC2)cc1. The molecule has 154 valence electrons. The average molecular weight is 419 g/mol. The van der Waals surface area contributed by atoms with Crippen molar-refractivity contribution in [2.75, 3.05) is 39.6 Å². The lowest BCUT2D eigenvalue weighted by atomic mass is 10.0. The van der Waals surface area contributed by atoms with E-state index in [1.165, 1.54) is 17.0 Å². The maximum atomic E-state index is 13.4. The van der Waals surface area contributed by atoms with Crippen molar-refractivity contribution < 1.29 is 23.5 Å². The molecule has 0 saturated carbocycles. The van der Waals surface area contributed by atoms with Gasteiger partial charge in [0.05, 0.1) is 19.8 Å². The van der Waals surface area contributed by atoms with Crippen LogP contribution < -0.4 is 25.0 Å².